The van der Waals surface area contributed by atoms with Crippen molar-refractivity contribution in [2.75, 3.05) is 18.1 Å². The van der Waals surface area contributed by atoms with E-state index in [1.807, 2.05) is 6.92 Å². The van der Waals surface area contributed by atoms with E-state index in [0.29, 0.717) is 12.2 Å². The lowest BCUT2D eigenvalue weighted by Crippen LogP contribution is -2.39. The van der Waals surface area contributed by atoms with E-state index in [1.165, 1.54) is 24.0 Å². The van der Waals surface area contributed by atoms with E-state index < -0.39 is 22.9 Å². The molecule has 0 saturated heterocycles. The van der Waals surface area contributed by atoms with Crippen LogP contribution in [-0.2, 0) is 20.2 Å². The predicted molar refractivity (Wildman–Crippen MR) is 84.5 cm³/mol. The fourth-order valence-electron chi connectivity index (χ4n) is 2.04. The highest BCUT2D eigenvalue weighted by Crippen LogP contribution is 2.31. The Morgan fingerprint density at radius 2 is 1.61 bits per heavy atom. The maximum absolute atomic E-state index is 13.9. The largest absolute Gasteiger partial charge is 0.461 e. The molecule has 0 fully saturated rings. The number of anilines is 1. The number of carbonyl (C=O) groups is 2. The molecule has 1 rings (SSSR count). The van der Waals surface area contributed by atoms with Crippen molar-refractivity contribution in [3.63, 3.8) is 0 Å². The monoisotopic (exact) mass is 327 g/mol. The number of hydrogen-bond acceptors (Lipinski definition) is 3. The number of esters is 1. The van der Waals surface area contributed by atoms with Gasteiger partial charge in [0.1, 0.15) is 0 Å². The van der Waals surface area contributed by atoms with Gasteiger partial charge in [0.05, 0.1) is 6.61 Å². The summed E-state index contributed by atoms with van der Waals surface area (Å²) in [5.41, 5.74) is -0.529. The Hall–Kier alpha value is -1.98. The zero-order valence-corrected chi connectivity index (χ0v) is 14.2. The topological polar surface area (TPSA) is 46.6 Å². The minimum atomic E-state index is -3.71. The number of amides is 1. The molecule has 0 aliphatic heterocycles. The first-order valence-electron chi connectivity index (χ1n) is 7.53. The highest BCUT2D eigenvalue weighted by atomic mass is 19.3. The molecule has 4 nitrogen and oxygen atoms in total. The molecule has 0 heterocycles. The van der Waals surface area contributed by atoms with Gasteiger partial charge in [-0.25, -0.2) is 4.79 Å². The predicted octanol–water partition coefficient (Wildman–Crippen LogP) is 3.74. The molecule has 0 aromatic heterocycles. The van der Waals surface area contributed by atoms with Crippen LogP contribution in [0.15, 0.2) is 24.3 Å². The Labute approximate surface area is 135 Å². The number of alkyl halides is 2. The maximum Gasteiger partial charge on any atom is 0.381 e. The molecule has 0 saturated carbocycles. The van der Waals surface area contributed by atoms with E-state index in [0.717, 1.165) is 12.1 Å². The van der Waals surface area contributed by atoms with Crippen molar-refractivity contribution in [3.05, 3.63) is 29.8 Å². The van der Waals surface area contributed by atoms with Crippen molar-refractivity contribution in [2.24, 2.45) is 5.41 Å². The van der Waals surface area contributed by atoms with Crippen LogP contribution in [0, 0.1) is 5.41 Å². The van der Waals surface area contributed by atoms with Crippen molar-refractivity contribution in [1.82, 2.24) is 0 Å². The average molecular weight is 327 g/mol. The highest BCUT2D eigenvalue weighted by Gasteiger charge is 2.42. The third kappa shape index (κ3) is 4.27. The molecule has 0 radical (unpaired) electrons. The number of nitrogens with zero attached hydrogens (tertiary/aromatic N) is 1. The molecule has 0 bridgehead atoms. The number of rotatable bonds is 5. The zero-order valence-electron chi connectivity index (χ0n) is 14.2. The number of hydrogen-bond donors (Lipinski definition) is 0. The van der Waals surface area contributed by atoms with Gasteiger partial charge in [-0.2, -0.15) is 8.78 Å². The van der Waals surface area contributed by atoms with Crippen molar-refractivity contribution in [2.45, 2.75) is 40.5 Å². The first-order chi connectivity index (χ1) is 10.6. The summed E-state index contributed by atoms with van der Waals surface area (Å²) in [6.07, 6.45) is 0. The molecule has 1 amide bonds. The van der Waals surface area contributed by atoms with Gasteiger partial charge in [0, 0.05) is 23.2 Å². The Kier molecular flexibility index (Phi) is 5.86. The van der Waals surface area contributed by atoms with E-state index in [-0.39, 0.29) is 12.5 Å². The van der Waals surface area contributed by atoms with E-state index >= 15 is 0 Å². The SMILES string of the molecule is CCOC(=O)C(F)(F)c1ccc(N(CC)C(=O)C(C)(C)C)cc1. The van der Waals surface area contributed by atoms with Gasteiger partial charge in [-0.15, -0.1) is 0 Å². The lowest BCUT2D eigenvalue weighted by atomic mass is 9.94. The summed E-state index contributed by atoms with van der Waals surface area (Å²) in [6.45, 7) is 8.96. The summed E-state index contributed by atoms with van der Waals surface area (Å²) in [5, 5.41) is 0. The van der Waals surface area contributed by atoms with Gasteiger partial charge in [-0.05, 0) is 26.0 Å². The highest BCUT2D eigenvalue weighted by molar-refractivity contribution is 5.96. The molecule has 1 aromatic rings. The molecule has 128 valence electrons. The minimum Gasteiger partial charge on any atom is -0.461 e. The van der Waals surface area contributed by atoms with Crippen LogP contribution in [-0.4, -0.2) is 25.0 Å². The standard InChI is InChI=1S/C17H23F2NO3/c1-6-20(14(21)16(3,4)5)13-10-8-12(9-11-13)17(18,19)15(22)23-7-2/h8-11H,6-7H2,1-5H3. The fraction of sp³-hybridized carbons (Fsp3) is 0.529. The quantitative estimate of drug-likeness (QED) is 0.774. The summed E-state index contributed by atoms with van der Waals surface area (Å²) in [5.74, 6) is -5.39. The summed E-state index contributed by atoms with van der Waals surface area (Å²) in [4.78, 5) is 25.2. The van der Waals surface area contributed by atoms with Gasteiger partial charge in [-0.1, -0.05) is 32.9 Å². The summed E-state index contributed by atoms with van der Waals surface area (Å²) < 4.78 is 32.3. The van der Waals surface area contributed by atoms with Crippen LogP contribution in [0.3, 0.4) is 0 Å². The van der Waals surface area contributed by atoms with Crippen LogP contribution < -0.4 is 4.90 Å². The first-order valence-corrected chi connectivity index (χ1v) is 7.53. The Bertz CT molecular complexity index is 562. The molecule has 0 unspecified atom stereocenters. The second kappa shape index (κ2) is 7.06. The van der Waals surface area contributed by atoms with Crippen LogP contribution in [0.5, 0.6) is 0 Å². The molecule has 1 aromatic carbocycles. The van der Waals surface area contributed by atoms with Crippen LogP contribution in [0.4, 0.5) is 14.5 Å². The second-order valence-corrected chi connectivity index (χ2v) is 6.14. The summed E-state index contributed by atoms with van der Waals surface area (Å²) in [7, 11) is 0. The number of carbonyl (C=O) groups excluding carboxylic acids is 2. The van der Waals surface area contributed by atoms with Gasteiger partial charge >= 0.3 is 11.9 Å². The third-order valence-electron chi connectivity index (χ3n) is 3.28. The smallest absolute Gasteiger partial charge is 0.381 e. The Morgan fingerprint density at radius 1 is 1.09 bits per heavy atom. The van der Waals surface area contributed by atoms with Crippen LogP contribution in [0.2, 0.25) is 0 Å². The van der Waals surface area contributed by atoms with Crippen molar-refractivity contribution in [1.29, 1.82) is 0 Å². The molecular formula is C17H23F2NO3. The number of benzene rings is 1. The van der Waals surface area contributed by atoms with Crippen molar-refractivity contribution >= 4 is 17.6 Å². The van der Waals surface area contributed by atoms with Gasteiger partial charge < -0.3 is 9.64 Å². The molecule has 0 spiro atoms. The van der Waals surface area contributed by atoms with Gasteiger partial charge in [-0.3, -0.25) is 4.79 Å². The second-order valence-electron chi connectivity index (χ2n) is 6.14. The summed E-state index contributed by atoms with van der Waals surface area (Å²) in [6, 6.07) is 5.11. The summed E-state index contributed by atoms with van der Waals surface area (Å²) >= 11 is 0. The zero-order chi connectivity index (χ0) is 17.8. The van der Waals surface area contributed by atoms with Gasteiger partial charge in [0.2, 0.25) is 5.91 Å². The molecular weight excluding hydrogens is 304 g/mol. The van der Waals surface area contributed by atoms with Crippen molar-refractivity contribution < 1.29 is 23.1 Å². The average Bonchev–Trinajstić information content (AvgIpc) is 2.47. The van der Waals surface area contributed by atoms with E-state index in [2.05, 4.69) is 4.74 Å². The lowest BCUT2D eigenvalue weighted by molar-refractivity contribution is -0.173. The molecule has 0 atom stereocenters. The molecule has 0 aliphatic carbocycles. The number of halogens is 2. The van der Waals surface area contributed by atoms with Crippen molar-refractivity contribution in [3.8, 4) is 0 Å². The van der Waals surface area contributed by atoms with Gasteiger partial charge in [0.15, 0.2) is 0 Å². The molecule has 0 N–H and O–H groups in total. The number of ether oxygens (including phenoxy) is 1. The normalized spacial score (nSPS) is 12.0. The van der Waals surface area contributed by atoms with E-state index in [4.69, 9.17) is 0 Å². The first kappa shape index (κ1) is 19.1. The van der Waals surface area contributed by atoms with Gasteiger partial charge in [0.25, 0.3) is 0 Å². The fourth-order valence-corrected chi connectivity index (χ4v) is 2.04. The lowest BCUT2D eigenvalue weighted by Gasteiger charge is -2.29. The molecule has 0 aliphatic rings. The minimum absolute atomic E-state index is 0.107. The van der Waals surface area contributed by atoms with E-state index in [9.17, 15) is 18.4 Å². The van der Waals surface area contributed by atoms with E-state index in [1.54, 1.807) is 20.8 Å². The van der Waals surface area contributed by atoms with Crippen LogP contribution >= 0.6 is 0 Å². The molecule has 23 heavy (non-hydrogen) atoms. The molecule has 6 heteroatoms. The third-order valence-corrected chi connectivity index (χ3v) is 3.28. The Balaban J connectivity index is 3.08. The van der Waals surface area contributed by atoms with Crippen LogP contribution in [0.25, 0.3) is 0 Å². The van der Waals surface area contributed by atoms with Crippen LogP contribution in [0.1, 0.15) is 40.2 Å². The Morgan fingerprint density at radius 3 is 2.00 bits per heavy atom. The maximum atomic E-state index is 13.9.